The minimum absolute atomic E-state index is 0.929. The second-order valence-corrected chi connectivity index (χ2v) is 22.2. The van der Waals surface area contributed by atoms with Gasteiger partial charge >= 0.3 is 34.2 Å². The lowest BCUT2D eigenvalue weighted by molar-refractivity contribution is 0.234. The molecular weight excluding hydrogens is 357 g/mol. The van der Waals surface area contributed by atoms with Crippen LogP contribution in [0.1, 0.15) is 5.56 Å². The van der Waals surface area contributed by atoms with Gasteiger partial charge in [-0.25, -0.2) is 0 Å². The topological polar surface area (TPSA) is 36.9 Å². The normalized spacial score (nSPS) is 25.3. The monoisotopic (exact) mass is 386 g/mol. The molecule has 1 aliphatic rings. The van der Waals surface area contributed by atoms with E-state index in [1.165, 1.54) is 5.56 Å². The summed E-state index contributed by atoms with van der Waals surface area (Å²) in [4.78, 5) is 0. The van der Waals surface area contributed by atoms with E-state index in [-0.39, 0.29) is 0 Å². The van der Waals surface area contributed by atoms with Gasteiger partial charge < -0.3 is 16.5 Å². The van der Waals surface area contributed by atoms with Crippen LogP contribution in [0.4, 0.5) is 0 Å². The van der Waals surface area contributed by atoms with E-state index in [0.29, 0.717) is 0 Å². The van der Waals surface area contributed by atoms with Crippen LogP contribution in [0.5, 0.6) is 0 Å². The van der Waals surface area contributed by atoms with Gasteiger partial charge in [0.25, 0.3) is 0 Å². The summed E-state index contributed by atoms with van der Waals surface area (Å²) in [6.45, 7) is 14.8. The lowest BCUT2D eigenvalue weighted by atomic mass is 10.2. The van der Waals surface area contributed by atoms with Crippen molar-refractivity contribution in [3.05, 3.63) is 35.9 Å². The van der Waals surface area contributed by atoms with Gasteiger partial charge in [-0.2, -0.15) is 0 Å². The zero-order valence-electron chi connectivity index (χ0n) is 15.4. The Kier molecular flexibility index (Phi) is 5.59. The first-order valence-electron chi connectivity index (χ1n) is 8.25. The van der Waals surface area contributed by atoms with Crippen molar-refractivity contribution in [1.29, 1.82) is 0 Å². The molecule has 0 spiro atoms. The summed E-state index contributed by atoms with van der Waals surface area (Å²) < 4.78 is 25.9. The van der Waals surface area contributed by atoms with Gasteiger partial charge in [0.2, 0.25) is 0 Å². The molecule has 1 aliphatic heterocycles. The van der Waals surface area contributed by atoms with Gasteiger partial charge in [-0.05, 0) is 63.9 Å². The molecule has 1 heterocycles. The van der Waals surface area contributed by atoms with Crippen LogP contribution in [0.3, 0.4) is 0 Å². The molecule has 0 unspecified atom stereocenters. The maximum absolute atomic E-state index is 6.58. The molecule has 1 aromatic rings. The fraction of sp³-hybridized carbons (Fsp3) is 0.600. The van der Waals surface area contributed by atoms with Gasteiger partial charge in [0.15, 0.2) is 0 Å². The second-order valence-electron chi connectivity index (χ2n) is 7.73. The van der Waals surface area contributed by atoms with Crippen LogP contribution in [0.15, 0.2) is 30.3 Å². The molecule has 0 N–H and O–H groups in total. The van der Waals surface area contributed by atoms with Gasteiger partial charge in [-0.15, -0.1) is 0 Å². The maximum Gasteiger partial charge on any atom is 0.317 e. The third kappa shape index (κ3) is 6.05. The summed E-state index contributed by atoms with van der Waals surface area (Å²) in [5.74, 6) is 0. The Hall–Kier alpha value is -0.0725. The summed E-state index contributed by atoms with van der Waals surface area (Å²) in [7, 11) is -9.04. The van der Waals surface area contributed by atoms with E-state index < -0.39 is 34.2 Å². The van der Waals surface area contributed by atoms with Crippen LogP contribution in [-0.4, -0.2) is 34.2 Å². The number of rotatable bonds is 3. The Balaban J connectivity index is 2.17. The maximum atomic E-state index is 6.58. The molecular formula is C15H30O4Si4. The van der Waals surface area contributed by atoms with Crippen molar-refractivity contribution in [3.8, 4) is 0 Å². The van der Waals surface area contributed by atoms with Gasteiger partial charge in [0.1, 0.15) is 0 Å². The predicted molar refractivity (Wildman–Crippen MR) is 103 cm³/mol. The zero-order chi connectivity index (χ0) is 17.4. The summed E-state index contributed by atoms with van der Waals surface area (Å²) >= 11 is 0. The standard InChI is InChI=1S/C15H30O4Si4/c1-20(2)16-21(3,4)18-23(7,19-22(5,6)17-20)14-13-15-11-9-8-10-12-15/h8-12H,13-14H2,1-7H3. The zero-order valence-corrected chi connectivity index (χ0v) is 19.4. The molecule has 23 heavy (non-hydrogen) atoms. The van der Waals surface area contributed by atoms with E-state index in [2.05, 4.69) is 70.1 Å². The molecule has 0 saturated carbocycles. The SMILES string of the molecule is C[Si]1(C)O[Si](C)(C)O[Si](C)(CCc2ccccc2)O[Si](C)(C)O1. The van der Waals surface area contributed by atoms with Crippen molar-refractivity contribution in [2.45, 2.75) is 58.3 Å². The van der Waals surface area contributed by atoms with E-state index in [0.717, 1.165) is 12.5 Å². The summed E-state index contributed by atoms with van der Waals surface area (Å²) in [5, 5.41) is 0. The van der Waals surface area contributed by atoms with Gasteiger partial charge in [0.05, 0.1) is 0 Å². The highest BCUT2D eigenvalue weighted by atomic mass is 28.5. The quantitative estimate of drug-likeness (QED) is 0.717. The molecule has 0 amide bonds. The minimum Gasteiger partial charge on any atom is -0.416 e. The Morgan fingerprint density at radius 2 is 1.09 bits per heavy atom. The first-order chi connectivity index (χ1) is 10.4. The van der Waals surface area contributed by atoms with Gasteiger partial charge in [-0.3, -0.25) is 0 Å². The molecule has 1 aromatic carbocycles. The molecule has 0 bridgehead atoms. The van der Waals surface area contributed by atoms with Crippen LogP contribution < -0.4 is 0 Å². The Morgan fingerprint density at radius 3 is 1.57 bits per heavy atom. The fourth-order valence-electron chi connectivity index (χ4n) is 3.43. The third-order valence-corrected chi connectivity index (χ3v) is 20.0. The first kappa shape index (κ1) is 19.3. The molecule has 0 atom stereocenters. The Labute approximate surface area is 145 Å². The van der Waals surface area contributed by atoms with E-state index in [9.17, 15) is 0 Å². The van der Waals surface area contributed by atoms with E-state index in [1.807, 2.05) is 6.07 Å². The molecule has 0 radical (unpaired) electrons. The molecule has 2 rings (SSSR count). The molecule has 4 nitrogen and oxygen atoms in total. The van der Waals surface area contributed by atoms with E-state index >= 15 is 0 Å². The highest BCUT2D eigenvalue weighted by molar-refractivity contribution is 6.93. The van der Waals surface area contributed by atoms with Crippen molar-refractivity contribution in [2.75, 3.05) is 0 Å². The van der Waals surface area contributed by atoms with Crippen LogP contribution in [0.25, 0.3) is 0 Å². The average Bonchev–Trinajstić information content (AvgIpc) is 2.31. The highest BCUT2D eigenvalue weighted by Gasteiger charge is 2.52. The first-order valence-corrected chi connectivity index (χ1v) is 19.2. The second kappa shape index (κ2) is 6.68. The fourth-order valence-corrected chi connectivity index (χ4v) is 24.9. The third-order valence-electron chi connectivity index (χ3n) is 3.62. The van der Waals surface area contributed by atoms with E-state index in [4.69, 9.17) is 16.5 Å². The summed E-state index contributed by atoms with van der Waals surface area (Å²) in [5.41, 5.74) is 1.32. The molecule has 130 valence electrons. The molecule has 1 fully saturated rings. The van der Waals surface area contributed by atoms with Crippen LogP contribution in [0.2, 0.25) is 51.9 Å². The van der Waals surface area contributed by atoms with Crippen LogP contribution >= 0.6 is 0 Å². The largest absolute Gasteiger partial charge is 0.416 e. The summed E-state index contributed by atoms with van der Waals surface area (Å²) in [6, 6.07) is 11.5. The van der Waals surface area contributed by atoms with Crippen LogP contribution in [-0.2, 0) is 22.9 Å². The number of hydrogen-bond acceptors (Lipinski definition) is 4. The number of hydrogen-bond donors (Lipinski definition) is 0. The van der Waals surface area contributed by atoms with Crippen molar-refractivity contribution in [3.63, 3.8) is 0 Å². The van der Waals surface area contributed by atoms with E-state index in [1.54, 1.807) is 0 Å². The van der Waals surface area contributed by atoms with Gasteiger partial charge in [-0.1, -0.05) is 30.3 Å². The molecule has 0 aromatic heterocycles. The smallest absolute Gasteiger partial charge is 0.317 e. The Bertz CT molecular complexity index is 512. The van der Waals surface area contributed by atoms with Crippen LogP contribution in [0, 0.1) is 0 Å². The lowest BCUT2D eigenvalue weighted by Gasteiger charge is -2.47. The van der Waals surface area contributed by atoms with Crippen molar-refractivity contribution < 1.29 is 16.5 Å². The van der Waals surface area contributed by atoms with Crippen molar-refractivity contribution in [2.24, 2.45) is 0 Å². The Morgan fingerprint density at radius 1 is 0.652 bits per heavy atom. The minimum atomic E-state index is -2.34. The lowest BCUT2D eigenvalue weighted by Crippen LogP contribution is -2.65. The van der Waals surface area contributed by atoms with Crippen molar-refractivity contribution in [1.82, 2.24) is 0 Å². The molecule has 1 saturated heterocycles. The van der Waals surface area contributed by atoms with Crippen molar-refractivity contribution >= 4 is 34.2 Å². The number of benzene rings is 1. The summed E-state index contributed by atoms with van der Waals surface area (Å²) in [6.07, 6.45) is 0.972. The molecule has 0 aliphatic carbocycles. The average molecular weight is 387 g/mol. The van der Waals surface area contributed by atoms with Gasteiger partial charge in [0, 0.05) is 0 Å². The molecule has 8 heteroatoms. The predicted octanol–water partition coefficient (Wildman–Crippen LogP) is 4.49. The highest BCUT2D eigenvalue weighted by Crippen LogP contribution is 2.32. The number of aryl methyl sites for hydroxylation is 1.